The lowest BCUT2D eigenvalue weighted by atomic mass is 10.3. The van der Waals surface area contributed by atoms with Crippen molar-refractivity contribution in [3.05, 3.63) is 24.3 Å². The van der Waals surface area contributed by atoms with E-state index in [9.17, 15) is 13.2 Å². The molecule has 1 aromatic carbocycles. The summed E-state index contributed by atoms with van der Waals surface area (Å²) in [5.74, 6) is 0.437. The zero-order chi connectivity index (χ0) is 17.7. The summed E-state index contributed by atoms with van der Waals surface area (Å²) in [5.41, 5.74) is 0. The summed E-state index contributed by atoms with van der Waals surface area (Å²) in [6, 6.07) is 5.91. The Morgan fingerprint density at radius 2 is 1.83 bits per heavy atom. The van der Waals surface area contributed by atoms with Gasteiger partial charge < -0.3 is 14.5 Å². The van der Waals surface area contributed by atoms with Gasteiger partial charge in [-0.3, -0.25) is 4.79 Å². The minimum absolute atomic E-state index is 0.0324. The van der Waals surface area contributed by atoms with Crippen LogP contribution in [0, 0.1) is 0 Å². The standard InChI is InChI=1S/C16H25N3O4S/c1-13(2)17-24(21,22)15-6-4-14(5-7-15)23-12-16(20)19-10-8-18(3)9-11-19/h4-7,13,17H,8-12H2,1-3H3/p+1. The van der Waals surface area contributed by atoms with Gasteiger partial charge in [-0.25, -0.2) is 13.1 Å². The molecule has 134 valence electrons. The minimum Gasteiger partial charge on any atom is -0.484 e. The zero-order valence-electron chi connectivity index (χ0n) is 14.4. The Morgan fingerprint density at radius 3 is 2.38 bits per heavy atom. The van der Waals surface area contributed by atoms with Gasteiger partial charge >= 0.3 is 0 Å². The lowest BCUT2D eigenvalue weighted by Gasteiger charge is -2.29. The molecule has 0 radical (unpaired) electrons. The molecule has 1 heterocycles. The van der Waals surface area contributed by atoms with Gasteiger partial charge in [-0.15, -0.1) is 0 Å². The van der Waals surface area contributed by atoms with E-state index in [0.29, 0.717) is 5.75 Å². The zero-order valence-corrected chi connectivity index (χ0v) is 15.2. The number of carbonyl (C=O) groups is 1. The number of hydrogen-bond donors (Lipinski definition) is 2. The Kier molecular flexibility index (Phi) is 6.20. The van der Waals surface area contributed by atoms with Crippen LogP contribution in [-0.4, -0.2) is 65.1 Å². The number of carbonyl (C=O) groups excluding carboxylic acids is 1. The highest BCUT2D eigenvalue weighted by molar-refractivity contribution is 7.89. The van der Waals surface area contributed by atoms with Gasteiger partial charge in [0.15, 0.2) is 6.61 Å². The molecule has 0 aromatic heterocycles. The maximum Gasteiger partial charge on any atom is 0.260 e. The van der Waals surface area contributed by atoms with Crippen molar-refractivity contribution in [1.29, 1.82) is 0 Å². The molecule has 8 heteroatoms. The Hall–Kier alpha value is -1.64. The molecule has 1 aromatic rings. The topological polar surface area (TPSA) is 80.1 Å². The van der Waals surface area contributed by atoms with Gasteiger partial charge in [0.05, 0.1) is 38.1 Å². The number of nitrogens with zero attached hydrogens (tertiary/aromatic N) is 1. The highest BCUT2D eigenvalue weighted by Crippen LogP contribution is 2.16. The van der Waals surface area contributed by atoms with Gasteiger partial charge in [0.1, 0.15) is 5.75 Å². The molecule has 0 bridgehead atoms. The van der Waals surface area contributed by atoms with Crippen LogP contribution in [0.2, 0.25) is 0 Å². The van der Waals surface area contributed by atoms with E-state index in [1.165, 1.54) is 17.0 Å². The quantitative estimate of drug-likeness (QED) is 0.693. The third-order valence-corrected chi connectivity index (χ3v) is 5.53. The molecule has 1 aliphatic rings. The number of amides is 1. The highest BCUT2D eigenvalue weighted by Gasteiger charge is 2.21. The number of hydrogen-bond acceptors (Lipinski definition) is 4. The summed E-state index contributed by atoms with van der Waals surface area (Å²) in [4.78, 5) is 15.5. The number of rotatable bonds is 6. The summed E-state index contributed by atoms with van der Waals surface area (Å²) in [6.45, 7) is 6.87. The molecule has 2 N–H and O–H groups in total. The molecule has 1 saturated heterocycles. The van der Waals surface area contributed by atoms with Crippen LogP contribution in [0.4, 0.5) is 0 Å². The first kappa shape index (κ1) is 18.7. The van der Waals surface area contributed by atoms with Gasteiger partial charge in [0.2, 0.25) is 10.0 Å². The van der Waals surface area contributed by atoms with Crippen molar-refractivity contribution in [3.63, 3.8) is 0 Å². The Bertz CT molecular complexity index is 650. The van der Waals surface area contributed by atoms with E-state index in [0.717, 1.165) is 26.2 Å². The molecular weight excluding hydrogens is 330 g/mol. The van der Waals surface area contributed by atoms with Crippen molar-refractivity contribution in [1.82, 2.24) is 9.62 Å². The van der Waals surface area contributed by atoms with Crippen LogP contribution in [-0.2, 0) is 14.8 Å². The van der Waals surface area contributed by atoms with Gasteiger partial charge in [0.25, 0.3) is 5.91 Å². The van der Waals surface area contributed by atoms with E-state index in [2.05, 4.69) is 11.8 Å². The van der Waals surface area contributed by atoms with Crippen molar-refractivity contribution < 1.29 is 22.8 Å². The molecule has 24 heavy (non-hydrogen) atoms. The Morgan fingerprint density at radius 1 is 1.25 bits per heavy atom. The third-order valence-electron chi connectivity index (χ3n) is 3.86. The lowest BCUT2D eigenvalue weighted by Crippen LogP contribution is -3.12. The van der Waals surface area contributed by atoms with Gasteiger partial charge in [-0.1, -0.05) is 0 Å². The van der Waals surface area contributed by atoms with Crippen LogP contribution in [0.5, 0.6) is 5.75 Å². The van der Waals surface area contributed by atoms with Crippen LogP contribution in [0.1, 0.15) is 13.8 Å². The Balaban J connectivity index is 1.89. The van der Waals surface area contributed by atoms with Crippen LogP contribution < -0.4 is 14.4 Å². The van der Waals surface area contributed by atoms with Gasteiger partial charge in [0, 0.05) is 6.04 Å². The number of sulfonamides is 1. The number of quaternary nitrogens is 1. The molecule has 1 amide bonds. The highest BCUT2D eigenvalue weighted by atomic mass is 32.2. The first-order chi connectivity index (χ1) is 11.3. The van der Waals surface area contributed by atoms with E-state index in [4.69, 9.17) is 4.74 Å². The fraction of sp³-hybridized carbons (Fsp3) is 0.562. The summed E-state index contributed by atoms with van der Waals surface area (Å²) in [6.07, 6.45) is 0. The molecule has 0 aliphatic carbocycles. The smallest absolute Gasteiger partial charge is 0.260 e. The lowest BCUT2D eigenvalue weighted by molar-refractivity contribution is -0.883. The average molecular weight is 356 g/mol. The second kappa shape index (κ2) is 7.96. The predicted molar refractivity (Wildman–Crippen MR) is 90.6 cm³/mol. The van der Waals surface area contributed by atoms with E-state index >= 15 is 0 Å². The van der Waals surface area contributed by atoms with E-state index in [1.54, 1.807) is 30.9 Å². The van der Waals surface area contributed by atoms with Crippen molar-refractivity contribution in [2.45, 2.75) is 24.8 Å². The number of benzene rings is 1. The van der Waals surface area contributed by atoms with Gasteiger partial charge in [-0.05, 0) is 38.1 Å². The number of piperazine rings is 1. The predicted octanol–water partition coefficient (Wildman–Crippen LogP) is -0.891. The molecule has 2 rings (SSSR count). The maximum absolute atomic E-state index is 12.1. The molecule has 0 unspecified atom stereocenters. The van der Waals surface area contributed by atoms with Crippen LogP contribution >= 0.6 is 0 Å². The number of likely N-dealkylation sites (N-methyl/N-ethyl adjacent to an activating group) is 1. The molecule has 7 nitrogen and oxygen atoms in total. The van der Waals surface area contributed by atoms with E-state index < -0.39 is 10.0 Å². The molecular formula is C16H26N3O4S+. The first-order valence-electron chi connectivity index (χ1n) is 8.12. The van der Waals surface area contributed by atoms with Crippen molar-refractivity contribution in [2.24, 2.45) is 0 Å². The van der Waals surface area contributed by atoms with Crippen molar-refractivity contribution in [2.75, 3.05) is 39.8 Å². The molecule has 0 spiro atoms. The molecule has 0 atom stereocenters. The van der Waals surface area contributed by atoms with Crippen molar-refractivity contribution >= 4 is 15.9 Å². The van der Waals surface area contributed by atoms with Crippen LogP contribution in [0.3, 0.4) is 0 Å². The van der Waals surface area contributed by atoms with Crippen LogP contribution in [0.15, 0.2) is 29.2 Å². The second-order valence-corrected chi connectivity index (χ2v) is 8.09. The summed E-state index contributed by atoms with van der Waals surface area (Å²) >= 11 is 0. The number of ether oxygens (including phenoxy) is 1. The first-order valence-corrected chi connectivity index (χ1v) is 9.60. The average Bonchev–Trinajstić information content (AvgIpc) is 2.52. The summed E-state index contributed by atoms with van der Waals surface area (Å²) in [5, 5.41) is 0. The van der Waals surface area contributed by atoms with Crippen LogP contribution in [0.25, 0.3) is 0 Å². The van der Waals surface area contributed by atoms with E-state index in [-0.39, 0.29) is 23.5 Å². The third kappa shape index (κ3) is 5.19. The molecule has 1 fully saturated rings. The SMILES string of the molecule is CC(C)NS(=O)(=O)c1ccc(OCC(=O)N2CC[NH+](C)CC2)cc1. The summed E-state index contributed by atoms with van der Waals surface area (Å²) < 4.78 is 32.1. The number of nitrogens with one attached hydrogen (secondary N) is 2. The second-order valence-electron chi connectivity index (χ2n) is 6.37. The van der Waals surface area contributed by atoms with E-state index in [1.807, 2.05) is 0 Å². The van der Waals surface area contributed by atoms with Crippen molar-refractivity contribution in [3.8, 4) is 5.75 Å². The van der Waals surface area contributed by atoms with Gasteiger partial charge in [-0.2, -0.15) is 0 Å². The normalized spacial score (nSPS) is 16.4. The fourth-order valence-corrected chi connectivity index (χ4v) is 3.72. The maximum atomic E-state index is 12.1. The largest absolute Gasteiger partial charge is 0.484 e. The minimum atomic E-state index is -3.51. The molecule has 0 saturated carbocycles. The Labute approximate surface area is 143 Å². The monoisotopic (exact) mass is 356 g/mol. The fourth-order valence-electron chi connectivity index (χ4n) is 2.47. The summed E-state index contributed by atoms with van der Waals surface area (Å²) in [7, 11) is -1.40. The molecule has 1 aliphatic heterocycles.